The standard InChI is InChI=1S/C18H22N2O5S/c1-14-7-9-16(10-8-14)25-12-11-19-18(21)15-5-4-6-17(13-15)26(22,23)20(2)24-3/h4-10,13H,11-12H2,1-3H3,(H,19,21). The third kappa shape index (κ3) is 5.04. The topological polar surface area (TPSA) is 84.9 Å². The van der Waals surface area contributed by atoms with Gasteiger partial charge in [0.15, 0.2) is 0 Å². The maximum absolute atomic E-state index is 12.2. The molecular weight excluding hydrogens is 356 g/mol. The number of sulfonamides is 1. The number of nitrogens with zero attached hydrogens (tertiary/aromatic N) is 1. The molecule has 2 aromatic rings. The van der Waals surface area contributed by atoms with Crippen LogP contribution < -0.4 is 10.1 Å². The van der Waals surface area contributed by atoms with Crippen molar-refractivity contribution in [2.24, 2.45) is 0 Å². The highest BCUT2D eigenvalue weighted by Gasteiger charge is 2.21. The summed E-state index contributed by atoms with van der Waals surface area (Å²) < 4.78 is 30.7. The van der Waals surface area contributed by atoms with Gasteiger partial charge in [-0.2, -0.15) is 0 Å². The van der Waals surface area contributed by atoms with E-state index in [9.17, 15) is 13.2 Å². The fourth-order valence-electron chi connectivity index (χ4n) is 2.11. The van der Waals surface area contributed by atoms with E-state index in [4.69, 9.17) is 9.57 Å². The second kappa shape index (κ2) is 8.79. The first kappa shape index (κ1) is 19.9. The molecule has 0 aromatic heterocycles. The zero-order valence-corrected chi connectivity index (χ0v) is 15.7. The summed E-state index contributed by atoms with van der Waals surface area (Å²) in [7, 11) is -1.27. The Balaban J connectivity index is 1.93. The number of hydrogen-bond donors (Lipinski definition) is 1. The highest BCUT2D eigenvalue weighted by Crippen LogP contribution is 2.16. The fraction of sp³-hybridized carbons (Fsp3) is 0.278. The summed E-state index contributed by atoms with van der Waals surface area (Å²) in [6.45, 7) is 2.59. The zero-order chi connectivity index (χ0) is 19.2. The Kier molecular flexibility index (Phi) is 6.73. The molecule has 0 saturated carbocycles. The van der Waals surface area contributed by atoms with E-state index in [2.05, 4.69) is 5.32 Å². The highest BCUT2D eigenvalue weighted by atomic mass is 32.2. The first-order valence-electron chi connectivity index (χ1n) is 7.95. The zero-order valence-electron chi connectivity index (χ0n) is 14.9. The molecule has 0 bridgehead atoms. The van der Waals surface area contributed by atoms with Gasteiger partial charge in [-0.05, 0) is 37.3 Å². The van der Waals surface area contributed by atoms with Gasteiger partial charge in [-0.25, -0.2) is 8.42 Å². The van der Waals surface area contributed by atoms with Crippen molar-refractivity contribution in [3.8, 4) is 5.75 Å². The van der Waals surface area contributed by atoms with Gasteiger partial charge in [0.05, 0.1) is 18.6 Å². The van der Waals surface area contributed by atoms with Crippen molar-refractivity contribution in [2.75, 3.05) is 27.3 Å². The van der Waals surface area contributed by atoms with E-state index < -0.39 is 10.0 Å². The molecule has 26 heavy (non-hydrogen) atoms. The molecule has 7 nitrogen and oxygen atoms in total. The quantitative estimate of drug-likeness (QED) is 0.561. The first-order chi connectivity index (χ1) is 12.3. The summed E-state index contributed by atoms with van der Waals surface area (Å²) in [5, 5.41) is 2.70. The van der Waals surface area contributed by atoms with Crippen molar-refractivity contribution in [1.29, 1.82) is 0 Å². The Morgan fingerprint density at radius 3 is 2.50 bits per heavy atom. The smallest absolute Gasteiger partial charge is 0.264 e. The van der Waals surface area contributed by atoms with Crippen LogP contribution in [-0.4, -0.2) is 46.1 Å². The van der Waals surface area contributed by atoms with Gasteiger partial charge in [0.1, 0.15) is 12.4 Å². The Labute approximate surface area is 153 Å². The average molecular weight is 378 g/mol. The molecule has 0 unspecified atom stereocenters. The molecule has 2 rings (SSSR count). The maximum atomic E-state index is 12.2. The lowest BCUT2D eigenvalue weighted by molar-refractivity contribution is -0.0258. The summed E-state index contributed by atoms with van der Waals surface area (Å²) in [5.41, 5.74) is 1.38. The molecule has 0 aliphatic carbocycles. The molecule has 0 spiro atoms. The minimum atomic E-state index is -3.80. The van der Waals surface area contributed by atoms with E-state index in [-0.39, 0.29) is 16.4 Å². The van der Waals surface area contributed by atoms with Gasteiger partial charge in [0.2, 0.25) is 0 Å². The molecular formula is C18H22N2O5S. The first-order valence-corrected chi connectivity index (χ1v) is 9.39. The van der Waals surface area contributed by atoms with E-state index in [0.717, 1.165) is 15.8 Å². The second-order valence-corrected chi connectivity index (χ2v) is 7.48. The molecule has 1 amide bonds. The Hall–Kier alpha value is -2.42. The Morgan fingerprint density at radius 2 is 1.85 bits per heavy atom. The molecule has 1 N–H and O–H groups in total. The maximum Gasteiger partial charge on any atom is 0.264 e. The van der Waals surface area contributed by atoms with Crippen LogP contribution >= 0.6 is 0 Å². The van der Waals surface area contributed by atoms with Gasteiger partial charge in [-0.3, -0.25) is 9.63 Å². The van der Waals surface area contributed by atoms with Crippen LogP contribution in [0.1, 0.15) is 15.9 Å². The van der Waals surface area contributed by atoms with Gasteiger partial charge in [-0.1, -0.05) is 28.2 Å². The lowest BCUT2D eigenvalue weighted by Gasteiger charge is -2.14. The van der Waals surface area contributed by atoms with E-state index in [1.165, 1.54) is 32.4 Å². The number of hydrogen-bond acceptors (Lipinski definition) is 5. The number of hydroxylamine groups is 1. The third-order valence-electron chi connectivity index (χ3n) is 3.67. The van der Waals surface area contributed by atoms with Crippen LogP contribution in [-0.2, 0) is 14.9 Å². The third-order valence-corrected chi connectivity index (χ3v) is 5.34. The number of rotatable bonds is 8. The van der Waals surface area contributed by atoms with Crippen molar-refractivity contribution in [2.45, 2.75) is 11.8 Å². The van der Waals surface area contributed by atoms with Crippen LogP contribution in [0.2, 0.25) is 0 Å². The van der Waals surface area contributed by atoms with Crippen molar-refractivity contribution in [1.82, 2.24) is 9.79 Å². The number of nitrogens with one attached hydrogen (secondary N) is 1. The lowest BCUT2D eigenvalue weighted by atomic mass is 10.2. The summed E-state index contributed by atoms with van der Waals surface area (Å²) >= 11 is 0. The normalized spacial score (nSPS) is 11.4. The van der Waals surface area contributed by atoms with Gasteiger partial charge < -0.3 is 10.1 Å². The number of amides is 1. The Morgan fingerprint density at radius 1 is 1.15 bits per heavy atom. The summed E-state index contributed by atoms with van der Waals surface area (Å²) in [6, 6.07) is 13.4. The fourth-order valence-corrected chi connectivity index (χ4v) is 3.13. The van der Waals surface area contributed by atoms with Crippen LogP contribution in [0.5, 0.6) is 5.75 Å². The number of ether oxygens (including phenoxy) is 1. The van der Waals surface area contributed by atoms with E-state index in [1.807, 2.05) is 31.2 Å². The molecule has 0 heterocycles. The predicted octanol–water partition coefficient (Wildman–Crippen LogP) is 1.99. The van der Waals surface area contributed by atoms with Crippen LogP contribution in [0.3, 0.4) is 0 Å². The van der Waals surface area contributed by atoms with Crippen LogP contribution in [0.15, 0.2) is 53.4 Å². The molecule has 0 aliphatic rings. The van der Waals surface area contributed by atoms with E-state index in [1.54, 1.807) is 6.07 Å². The van der Waals surface area contributed by atoms with Crippen molar-refractivity contribution in [3.63, 3.8) is 0 Å². The predicted molar refractivity (Wildman–Crippen MR) is 97.4 cm³/mol. The molecule has 2 aromatic carbocycles. The lowest BCUT2D eigenvalue weighted by Crippen LogP contribution is -2.29. The molecule has 0 fully saturated rings. The number of benzene rings is 2. The molecule has 0 radical (unpaired) electrons. The summed E-state index contributed by atoms with van der Waals surface area (Å²) in [6.07, 6.45) is 0. The summed E-state index contributed by atoms with van der Waals surface area (Å²) in [4.78, 5) is 16.9. The molecule has 0 aliphatic heterocycles. The average Bonchev–Trinajstić information content (AvgIpc) is 2.65. The molecule has 8 heteroatoms. The number of carbonyl (C=O) groups excluding carboxylic acids is 1. The SMILES string of the molecule is CON(C)S(=O)(=O)c1cccc(C(=O)NCCOc2ccc(C)cc2)c1. The molecule has 0 saturated heterocycles. The van der Waals surface area contributed by atoms with Gasteiger partial charge in [-0.15, -0.1) is 0 Å². The highest BCUT2D eigenvalue weighted by molar-refractivity contribution is 7.89. The number of carbonyl (C=O) groups is 1. The van der Waals surface area contributed by atoms with Crippen molar-refractivity contribution >= 4 is 15.9 Å². The monoisotopic (exact) mass is 378 g/mol. The van der Waals surface area contributed by atoms with Crippen molar-refractivity contribution in [3.05, 3.63) is 59.7 Å². The summed E-state index contributed by atoms with van der Waals surface area (Å²) in [5.74, 6) is 0.343. The molecule has 0 atom stereocenters. The van der Waals surface area contributed by atoms with E-state index >= 15 is 0 Å². The Bertz CT molecular complexity index is 850. The number of aryl methyl sites for hydroxylation is 1. The van der Waals surface area contributed by atoms with Gasteiger partial charge >= 0.3 is 0 Å². The largest absolute Gasteiger partial charge is 0.492 e. The minimum absolute atomic E-state index is 0.0228. The molecule has 140 valence electrons. The van der Waals surface area contributed by atoms with Crippen LogP contribution in [0, 0.1) is 6.92 Å². The van der Waals surface area contributed by atoms with E-state index in [0.29, 0.717) is 13.2 Å². The van der Waals surface area contributed by atoms with Gasteiger partial charge in [0, 0.05) is 12.6 Å². The van der Waals surface area contributed by atoms with Crippen LogP contribution in [0.25, 0.3) is 0 Å². The van der Waals surface area contributed by atoms with Crippen LogP contribution in [0.4, 0.5) is 0 Å². The van der Waals surface area contributed by atoms with Crippen molar-refractivity contribution < 1.29 is 22.8 Å². The minimum Gasteiger partial charge on any atom is -0.492 e. The second-order valence-electron chi connectivity index (χ2n) is 5.54. The van der Waals surface area contributed by atoms with Gasteiger partial charge in [0.25, 0.3) is 15.9 Å².